The van der Waals surface area contributed by atoms with Crippen LogP contribution < -0.4 is 10.1 Å². The molecule has 0 aromatic heterocycles. The van der Waals surface area contributed by atoms with Crippen molar-refractivity contribution in [1.82, 2.24) is 4.31 Å². The molecule has 1 amide bonds. The molecule has 6 nitrogen and oxygen atoms in total. The number of carbonyl (C=O) groups excluding carboxylic acids is 1. The molecule has 10 heteroatoms. The average Bonchev–Trinajstić information content (AvgIpc) is 2.56. The Labute approximate surface area is 157 Å². The van der Waals surface area contributed by atoms with E-state index in [0.717, 1.165) is 4.31 Å². The molecule has 0 saturated heterocycles. The predicted molar refractivity (Wildman–Crippen MR) is 96.0 cm³/mol. The van der Waals surface area contributed by atoms with Crippen molar-refractivity contribution in [3.8, 4) is 5.75 Å². The van der Waals surface area contributed by atoms with Crippen molar-refractivity contribution in [2.45, 2.75) is 11.5 Å². The van der Waals surface area contributed by atoms with Crippen molar-refractivity contribution < 1.29 is 26.7 Å². The first-order valence-corrected chi connectivity index (χ1v) is 9.43. The van der Waals surface area contributed by atoms with E-state index < -0.39 is 22.5 Å². The quantitative estimate of drug-likeness (QED) is 0.732. The Kier molecular flexibility index (Phi) is 6.32. The van der Waals surface area contributed by atoms with Gasteiger partial charge in [-0.25, -0.2) is 12.7 Å². The minimum Gasteiger partial charge on any atom is -0.435 e. The van der Waals surface area contributed by atoms with Gasteiger partial charge in [-0.1, -0.05) is 0 Å². The number of ether oxygens (including phenoxy) is 1. The molecular weight excluding hydrogens is 434 g/mol. The van der Waals surface area contributed by atoms with Gasteiger partial charge in [0.2, 0.25) is 10.0 Å². The summed E-state index contributed by atoms with van der Waals surface area (Å²) in [5, 5.41) is 2.56. The average molecular weight is 449 g/mol. The number of anilines is 1. The zero-order valence-corrected chi connectivity index (χ0v) is 16.1. The molecule has 2 aromatic rings. The van der Waals surface area contributed by atoms with Gasteiger partial charge < -0.3 is 10.1 Å². The molecule has 2 aromatic carbocycles. The Hall–Kier alpha value is -2.04. The van der Waals surface area contributed by atoms with Gasteiger partial charge in [0.15, 0.2) is 0 Å². The second kappa shape index (κ2) is 8.11. The molecule has 0 bridgehead atoms. The van der Waals surface area contributed by atoms with Crippen LogP contribution in [-0.4, -0.2) is 39.3 Å². The van der Waals surface area contributed by atoms with Crippen LogP contribution in [0, 0.1) is 0 Å². The highest BCUT2D eigenvalue weighted by Crippen LogP contribution is 2.26. The molecule has 0 atom stereocenters. The molecule has 0 unspecified atom stereocenters. The number of hydrogen-bond donors (Lipinski definition) is 1. The molecular formula is C16H15BrF2N2O4S. The van der Waals surface area contributed by atoms with E-state index in [1.165, 1.54) is 56.6 Å². The number of benzene rings is 2. The normalized spacial score (nSPS) is 11.7. The third-order valence-electron chi connectivity index (χ3n) is 3.29. The molecule has 0 aliphatic carbocycles. The van der Waals surface area contributed by atoms with E-state index in [1.54, 1.807) is 0 Å². The van der Waals surface area contributed by atoms with Crippen LogP contribution in [0.15, 0.2) is 51.8 Å². The third-order valence-corrected chi connectivity index (χ3v) is 6.10. The molecule has 2 rings (SSSR count). The number of nitrogens with one attached hydrogen (secondary N) is 1. The van der Waals surface area contributed by atoms with Gasteiger partial charge in [-0.3, -0.25) is 4.79 Å². The molecule has 0 saturated carbocycles. The van der Waals surface area contributed by atoms with E-state index in [2.05, 4.69) is 26.0 Å². The summed E-state index contributed by atoms with van der Waals surface area (Å²) in [6.07, 6.45) is 0. The van der Waals surface area contributed by atoms with E-state index >= 15 is 0 Å². The second-order valence-electron chi connectivity index (χ2n) is 5.29. The van der Waals surface area contributed by atoms with Crippen molar-refractivity contribution in [3.63, 3.8) is 0 Å². The van der Waals surface area contributed by atoms with Crippen LogP contribution in [0.3, 0.4) is 0 Å². The summed E-state index contributed by atoms with van der Waals surface area (Å²) in [6, 6.07) is 9.53. The molecule has 0 spiro atoms. The topological polar surface area (TPSA) is 75.7 Å². The zero-order valence-electron chi connectivity index (χ0n) is 13.7. The standard InChI is InChI=1S/C16H15BrF2N2O4S/c1-21(2)26(23,24)14-9-10(3-8-13(14)17)15(22)20-11-4-6-12(7-5-11)25-16(18)19/h3-9,16H,1-2H3,(H,20,22). The molecule has 0 fully saturated rings. The Balaban J connectivity index is 2.23. The van der Waals surface area contributed by atoms with Crippen LogP contribution in [0.2, 0.25) is 0 Å². The van der Waals surface area contributed by atoms with Crippen LogP contribution in [0.4, 0.5) is 14.5 Å². The predicted octanol–water partition coefficient (Wildman–Crippen LogP) is 3.55. The van der Waals surface area contributed by atoms with Gasteiger partial charge in [-0.05, 0) is 58.4 Å². The molecule has 140 valence electrons. The van der Waals surface area contributed by atoms with Gasteiger partial charge in [-0.15, -0.1) is 0 Å². The Morgan fingerprint density at radius 3 is 2.31 bits per heavy atom. The molecule has 26 heavy (non-hydrogen) atoms. The van der Waals surface area contributed by atoms with E-state index in [0.29, 0.717) is 10.2 Å². The fourth-order valence-corrected chi connectivity index (χ4v) is 3.81. The van der Waals surface area contributed by atoms with Gasteiger partial charge in [0.1, 0.15) is 5.75 Å². The highest BCUT2D eigenvalue weighted by molar-refractivity contribution is 9.10. The summed E-state index contributed by atoms with van der Waals surface area (Å²) in [5.41, 5.74) is 0.470. The van der Waals surface area contributed by atoms with Gasteiger partial charge in [0.25, 0.3) is 5.91 Å². The van der Waals surface area contributed by atoms with Crippen molar-refractivity contribution >= 4 is 37.5 Å². The maximum Gasteiger partial charge on any atom is 0.387 e. The summed E-state index contributed by atoms with van der Waals surface area (Å²) in [7, 11) is -0.962. The van der Waals surface area contributed by atoms with Gasteiger partial charge in [0.05, 0.1) is 4.90 Å². The van der Waals surface area contributed by atoms with E-state index in [-0.39, 0.29) is 16.2 Å². The monoisotopic (exact) mass is 448 g/mol. The Morgan fingerprint density at radius 2 is 1.77 bits per heavy atom. The van der Waals surface area contributed by atoms with Crippen molar-refractivity contribution in [2.24, 2.45) is 0 Å². The molecule has 0 radical (unpaired) electrons. The lowest BCUT2D eigenvalue weighted by molar-refractivity contribution is -0.0498. The van der Waals surface area contributed by atoms with E-state index in [1.807, 2.05) is 0 Å². The largest absolute Gasteiger partial charge is 0.435 e. The SMILES string of the molecule is CN(C)S(=O)(=O)c1cc(C(=O)Nc2ccc(OC(F)F)cc2)ccc1Br. The minimum atomic E-state index is -3.73. The second-order valence-corrected chi connectivity index (χ2v) is 8.26. The van der Waals surface area contributed by atoms with Crippen molar-refractivity contribution in [1.29, 1.82) is 0 Å². The Morgan fingerprint density at radius 1 is 1.15 bits per heavy atom. The summed E-state index contributed by atoms with van der Waals surface area (Å²) in [4.78, 5) is 12.3. The van der Waals surface area contributed by atoms with Crippen LogP contribution in [0.1, 0.15) is 10.4 Å². The third kappa shape index (κ3) is 4.77. The summed E-state index contributed by atoms with van der Waals surface area (Å²) in [5.74, 6) is -0.587. The summed E-state index contributed by atoms with van der Waals surface area (Å²) in [6.45, 7) is -2.93. The lowest BCUT2D eigenvalue weighted by Crippen LogP contribution is -2.23. The lowest BCUT2D eigenvalue weighted by Gasteiger charge is -2.14. The molecule has 0 aliphatic rings. The maximum atomic E-state index is 12.4. The van der Waals surface area contributed by atoms with Crippen LogP contribution in [0.5, 0.6) is 5.75 Å². The number of amides is 1. The smallest absolute Gasteiger partial charge is 0.387 e. The molecule has 1 N–H and O–H groups in total. The van der Waals surface area contributed by atoms with Crippen molar-refractivity contribution in [2.75, 3.05) is 19.4 Å². The molecule has 0 heterocycles. The van der Waals surface area contributed by atoms with E-state index in [9.17, 15) is 22.0 Å². The highest BCUT2D eigenvalue weighted by atomic mass is 79.9. The fraction of sp³-hybridized carbons (Fsp3) is 0.188. The fourth-order valence-electron chi connectivity index (χ4n) is 1.96. The van der Waals surface area contributed by atoms with Gasteiger partial charge in [-0.2, -0.15) is 8.78 Å². The first-order valence-electron chi connectivity index (χ1n) is 7.19. The van der Waals surface area contributed by atoms with Crippen molar-refractivity contribution in [3.05, 3.63) is 52.5 Å². The van der Waals surface area contributed by atoms with E-state index in [4.69, 9.17) is 0 Å². The number of sulfonamides is 1. The number of rotatable bonds is 6. The van der Waals surface area contributed by atoms with Crippen LogP contribution in [-0.2, 0) is 10.0 Å². The number of alkyl halides is 2. The first-order chi connectivity index (χ1) is 12.1. The number of nitrogens with zero attached hydrogens (tertiary/aromatic N) is 1. The van der Waals surface area contributed by atoms with Gasteiger partial charge in [0, 0.05) is 29.8 Å². The Bertz CT molecular complexity index is 903. The maximum absolute atomic E-state index is 12.4. The molecule has 0 aliphatic heterocycles. The van der Waals surface area contributed by atoms with Crippen LogP contribution in [0.25, 0.3) is 0 Å². The first kappa shape index (κ1) is 20.3. The number of hydrogen-bond acceptors (Lipinski definition) is 4. The zero-order chi connectivity index (χ0) is 19.5. The lowest BCUT2D eigenvalue weighted by atomic mass is 10.2. The minimum absolute atomic E-state index is 0.0407. The summed E-state index contributed by atoms with van der Waals surface area (Å²) < 4.78 is 54.4. The van der Waals surface area contributed by atoms with Crippen LogP contribution >= 0.6 is 15.9 Å². The number of carbonyl (C=O) groups is 1. The summed E-state index contributed by atoms with van der Waals surface area (Å²) >= 11 is 3.17. The highest BCUT2D eigenvalue weighted by Gasteiger charge is 2.22. The van der Waals surface area contributed by atoms with Gasteiger partial charge >= 0.3 is 6.61 Å². The number of halogens is 3.